The van der Waals surface area contributed by atoms with Crippen LogP contribution in [0.2, 0.25) is 0 Å². The van der Waals surface area contributed by atoms with E-state index in [-0.39, 0.29) is 0 Å². The van der Waals surface area contributed by atoms with Crippen molar-refractivity contribution in [2.24, 2.45) is 5.73 Å². The van der Waals surface area contributed by atoms with Gasteiger partial charge in [0.2, 0.25) is 0 Å². The Morgan fingerprint density at radius 1 is 1.53 bits per heavy atom. The van der Waals surface area contributed by atoms with E-state index >= 15 is 0 Å². The first kappa shape index (κ1) is 10.4. The van der Waals surface area contributed by atoms with Crippen molar-refractivity contribution in [2.75, 3.05) is 24.5 Å². The fraction of sp³-hybridized carbons (Fsp3) is 0.545. The molecule has 1 unspecified atom stereocenters. The standard InChI is InChI=1S/C11H17N3O/c12-8-11(15)5-3-7-14(9-11)10-4-1-2-6-13-10/h1-2,4,6,15H,3,5,7-9,12H2. The number of β-amino-alcohol motifs (C(OH)–C–C–N with tert-alkyl or cyclic N) is 1. The molecular formula is C11H17N3O. The lowest BCUT2D eigenvalue weighted by atomic mass is 9.93. The summed E-state index contributed by atoms with van der Waals surface area (Å²) >= 11 is 0. The molecular weight excluding hydrogens is 190 g/mol. The van der Waals surface area contributed by atoms with Gasteiger partial charge in [-0.15, -0.1) is 0 Å². The van der Waals surface area contributed by atoms with Crippen LogP contribution in [-0.4, -0.2) is 35.3 Å². The Kier molecular flexibility index (Phi) is 2.88. The van der Waals surface area contributed by atoms with E-state index in [0.717, 1.165) is 25.2 Å². The number of aromatic nitrogens is 1. The zero-order chi connectivity index (χ0) is 10.7. The number of piperidine rings is 1. The molecule has 15 heavy (non-hydrogen) atoms. The SMILES string of the molecule is NCC1(O)CCCN(c2ccccn2)C1. The zero-order valence-electron chi connectivity index (χ0n) is 8.76. The predicted molar refractivity (Wildman–Crippen MR) is 59.7 cm³/mol. The molecule has 82 valence electrons. The van der Waals surface area contributed by atoms with E-state index in [1.165, 1.54) is 0 Å². The second-order valence-electron chi connectivity index (χ2n) is 4.14. The van der Waals surface area contributed by atoms with Crippen LogP contribution in [0.3, 0.4) is 0 Å². The normalized spacial score (nSPS) is 26.7. The maximum Gasteiger partial charge on any atom is 0.128 e. The minimum absolute atomic E-state index is 0.316. The van der Waals surface area contributed by atoms with Crippen molar-refractivity contribution in [3.8, 4) is 0 Å². The summed E-state index contributed by atoms with van der Waals surface area (Å²) < 4.78 is 0. The molecule has 1 aromatic rings. The van der Waals surface area contributed by atoms with Gasteiger partial charge in [0, 0.05) is 25.8 Å². The van der Waals surface area contributed by atoms with Gasteiger partial charge in [0.25, 0.3) is 0 Å². The van der Waals surface area contributed by atoms with Crippen LogP contribution in [0.4, 0.5) is 5.82 Å². The molecule has 0 spiro atoms. The number of aliphatic hydroxyl groups is 1. The summed E-state index contributed by atoms with van der Waals surface area (Å²) in [5.74, 6) is 0.920. The first-order chi connectivity index (χ1) is 7.23. The van der Waals surface area contributed by atoms with Crippen LogP contribution in [0, 0.1) is 0 Å². The largest absolute Gasteiger partial charge is 0.387 e. The number of nitrogens with zero attached hydrogens (tertiary/aromatic N) is 2. The van der Waals surface area contributed by atoms with E-state index in [1.54, 1.807) is 6.20 Å². The lowest BCUT2D eigenvalue weighted by molar-refractivity contribution is 0.0345. The Hall–Kier alpha value is -1.13. The molecule has 0 aliphatic carbocycles. The lowest BCUT2D eigenvalue weighted by Crippen LogP contribution is -2.52. The van der Waals surface area contributed by atoms with Gasteiger partial charge in [0.1, 0.15) is 5.82 Å². The molecule has 4 heteroatoms. The van der Waals surface area contributed by atoms with Crippen LogP contribution in [-0.2, 0) is 0 Å². The first-order valence-corrected chi connectivity index (χ1v) is 5.32. The van der Waals surface area contributed by atoms with Crippen LogP contribution >= 0.6 is 0 Å². The highest BCUT2D eigenvalue weighted by Gasteiger charge is 2.32. The van der Waals surface area contributed by atoms with Crippen molar-refractivity contribution >= 4 is 5.82 Å². The molecule has 1 fully saturated rings. The number of hydrogen-bond acceptors (Lipinski definition) is 4. The molecule has 0 radical (unpaired) electrons. The van der Waals surface area contributed by atoms with Gasteiger partial charge >= 0.3 is 0 Å². The van der Waals surface area contributed by atoms with Crippen LogP contribution in [0.25, 0.3) is 0 Å². The second kappa shape index (κ2) is 4.16. The average Bonchev–Trinajstić information content (AvgIpc) is 2.30. The Labute approximate surface area is 89.7 Å². The van der Waals surface area contributed by atoms with E-state index in [2.05, 4.69) is 9.88 Å². The molecule has 4 nitrogen and oxygen atoms in total. The topological polar surface area (TPSA) is 62.4 Å². The summed E-state index contributed by atoms with van der Waals surface area (Å²) in [6.07, 6.45) is 3.52. The van der Waals surface area contributed by atoms with Gasteiger partial charge in [-0.25, -0.2) is 4.98 Å². The fourth-order valence-electron chi connectivity index (χ4n) is 2.02. The molecule has 0 aromatic carbocycles. The minimum atomic E-state index is -0.740. The second-order valence-corrected chi connectivity index (χ2v) is 4.14. The van der Waals surface area contributed by atoms with Crippen molar-refractivity contribution in [1.29, 1.82) is 0 Å². The van der Waals surface area contributed by atoms with Crippen molar-refractivity contribution in [2.45, 2.75) is 18.4 Å². The van der Waals surface area contributed by atoms with Crippen LogP contribution in [0.1, 0.15) is 12.8 Å². The third-order valence-corrected chi connectivity index (χ3v) is 2.91. The summed E-state index contributed by atoms with van der Waals surface area (Å²) in [6, 6.07) is 5.81. The molecule has 0 bridgehead atoms. The molecule has 1 aromatic heterocycles. The number of anilines is 1. The fourth-order valence-corrected chi connectivity index (χ4v) is 2.02. The summed E-state index contributed by atoms with van der Waals surface area (Å²) in [7, 11) is 0. The quantitative estimate of drug-likeness (QED) is 0.735. The third-order valence-electron chi connectivity index (χ3n) is 2.91. The molecule has 1 aliphatic heterocycles. The third kappa shape index (κ3) is 2.27. The predicted octanol–water partition coefficient (Wildman–Crippen LogP) is 0.372. The average molecular weight is 207 g/mol. The summed E-state index contributed by atoms with van der Waals surface area (Å²) in [6.45, 7) is 1.84. The Balaban J connectivity index is 2.11. The molecule has 2 heterocycles. The smallest absolute Gasteiger partial charge is 0.128 e. The number of pyridine rings is 1. The molecule has 2 rings (SSSR count). The van der Waals surface area contributed by atoms with E-state index in [4.69, 9.17) is 5.73 Å². The van der Waals surface area contributed by atoms with Crippen molar-refractivity contribution in [3.05, 3.63) is 24.4 Å². The number of rotatable bonds is 2. The van der Waals surface area contributed by atoms with Crippen LogP contribution in [0.5, 0.6) is 0 Å². The van der Waals surface area contributed by atoms with Crippen molar-refractivity contribution in [3.63, 3.8) is 0 Å². The van der Waals surface area contributed by atoms with Gasteiger partial charge in [-0.1, -0.05) is 6.07 Å². The molecule has 0 saturated carbocycles. The number of nitrogens with two attached hydrogens (primary N) is 1. The Morgan fingerprint density at radius 3 is 3.07 bits per heavy atom. The van der Waals surface area contributed by atoms with E-state index in [0.29, 0.717) is 13.1 Å². The monoisotopic (exact) mass is 207 g/mol. The maximum absolute atomic E-state index is 10.1. The number of hydrogen-bond donors (Lipinski definition) is 2. The van der Waals surface area contributed by atoms with E-state index < -0.39 is 5.60 Å². The molecule has 3 N–H and O–H groups in total. The van der Waals surface area contributed by atoms with Crippen molar-refractivity contribution in [1.82, 2.24) is 4.98 Å². The van der Waals surface area contributed by atoms with E-state index in [1.807, 2.05) is 18.2 Å². The Bertz CT molecular complexity index is 317. The van der Waals surface area contributed by atoms with Crippen LogP contribution < -0.4 is 10.6 Å². The van der Waals surface area contributed by atoms with Gasteiger partial charge in [0.05, 0.1) is 5.60 Å². The minimum Gasteiger partial charge on any atom is -0.387 e. The Morgan fingerprint density at radius 2 is 2.40 bits per heavy atom. The first-order valence-electron chi connectivity index (χ1n) is 5.32. The van der Waals surface area contributed by atoms with E-state index in [9.17, 15) is 5.11 Å². The highest BCUT2D eigenvalue weighted by Crippen LogP contribution is 2.23. The molecule has 1 aliphatic rings. The van der Waals surface area contributed by atoms with Crippen molar-refractivity contribution < 1.29 is 5.11 Å². The zero-order valence-corrected chi connectivity index (χ0v) is 8.76. The lowest BCUT2D eigenvalue weighted by Gasteiger charge is -2.39. The van der Waals surface area contributed by atoms with Gasteiger partial charge in [-0.2, -0.15) is 0 Å². The van der Waals surface area contributed by atoms with Crippen LogP contribution in [0.15, 0.2) is 24.4 Å². The molecule has 1 atom stereocenters. The summed E-state index contributed by atoms with van der Waals surface area (Å²) in [5.41, 5.74) is 4.84. The van der Waals surface area contributed by atoms with Gasteiger partial charge < -0.3 is 15.7 Å². The van der Waals surface area contributed by atoms with Gasteiger partial charge in [0.15, 0.2) is 0 Å². The highest BCUT2D eigenvalue weighted by molar-refractivity contribution is 5.39. The molecule has 1 saturated heterocycles. The summed E-state index contributed by atoms with van der Waals surface area (Å²) in [4.78, 5) is 6.37. The molecule has 0 amide bonds. The van der Waals surface area contributed by atoms with Gasteiger partial charge in [-0.05, 0) is 25.0 Å². The van der Waals surface area contributed by atoms with Gasteiger partial charge in [-0.3, -0.25) is 0 Å². The highest BCUT2D eigenvalue weighted by atomic mass is 16.3. The maximum atomic E-state index is 10.1. The summed E-state index contributed by atoms with van der Waals surface area (Å²) in [5, 5.41) is 10.1.